The van der Waals surface area contributed by atoms with Crippen molar-refractivity contribution in [1.82, 2.24) is 10.9 Å². The lowest BCUT2D eigenvalue weighted by Crippen LogP contribution is -2.43. The second-order valence-corrected chi connectivity index (χ2v) is 7.52. The minimum atomic E-state index is -0.453. The molecular formula is C22H27BrN2O4. The van der Waals surface area contributed by atoms with E-state index in [-0.39, 0.29) is 6.61 Å². The van der Waals surface area contributed by atoms with Gasteiger partial charge in [-0.05, 0) is 65.2 Å². The summed E-state index contributed by atoms with van der Waals surface area (Å²) in [6.45, 7) is 4.55. The fourth-order valence-corrected chi connectivity index (χ4v) is 3.05. The van der Waals surface area contributed by atoms with Crippen LogP contribution >= 0.6 is 15.9 Å². The molecule has 0 heterocycles. The van der Waals surface area contributed by atoms with Crippen LogP contribution in [0.2, 0.25) is 0 Å². The summed E-state index contributed by atoms with van der Waals surface area (Å²) >= 11 is 3.42. The van der Waals surface area contributed by atoms with E-state index in [2.05, 4.69) is 33.7 Å². The van der Waals surface area contributed by atoms with Gasteiger partial charge in [0.15, 0.2) is 6.61 Å². The minimum Gasteiger partial charge on any atom is -0.492 e. The van der Waals surface area contributed by atoms with E-state index in [9.17, 15) is 9.59 Å². The largest absolute Gasteiger partial charge is 0.492 e. The maximum absolute atomic E-state index is 12.2. The highest BCUT2D eigenvalue weighted by Gasteiger charge is 2.11. The summed E-state index contributed by atoms with van der Waals surface area (Å²) in [6.07, 6.45) is 4.52. The minimum absolute atomic E-state index is 0.196. The molecule has 7 heteroatoms. The van der Waals surface area contributed by atoms with Crippen LogP contribution in [-0.2, 0) is 4.79 Å². The van der Waals surface area contributed by atoms with Crippen LogP contribution in [0.1, 0.15) is 48.5 Å². The van der Waals surface area contributed by atoms with E-state index in [4.69, 9.17) is 9.47 Å². The van der Waals surface area contributed by atoms with Gasteiger partial charge < -0.3 is 9.47 Å². The number of ether oxygens (including phenoxy) is 2. The molecule has 2 aromatic rings. The van der Waals surface area contributed by atoms with Gasteiger partial charge in [-0.25, -0.2) is 0 Å². The molecule has 2 amide bonds. The first-order chi connectivity index (χ1) is 14.0. The summed E-state index contributed by atoms with van der Waals surface area (Å²) in [6, 6.07) is 12.4. The Kier molecular flexibility index (Phi) is 9.50. The molecule has 0 saturated heterocycles. The molecule has 0 aromatic heterocycles. The number of hydrogen-bond donors (Lipinski definition) is 2. The molecule has 0 unspecified atom stereocenters. The van der Waals surface area contributed by atoms with E-state index in [1.54, 1.807) is 24.3 Å². The number of nitrogens with one attached hydrogen (secondary N) is 2. The Hall–Kier alpha value is -2.54. The van der Waals surface area contributed by atoms with Crippen molar-refractivity contribution in [1.29, 1.82) is 0 Å². The Morgan fingerprint density at radius 3 is 2.55 bits per heavy atom. The number of rotatable bonds is 10. The normalized spacial score (nSPS) is 10.3. The number of unbranched alkanes of at least 4 members (excludes halogenated alkanes) is 3. The van der Waals surface area contributed by atoms with Gasteiger partial charge in [0.2, 0.25) is 0 Å². The number of carbonyl (C=O) groups excluding carboxylic acids is 2. The molecule has 0 aliphatic heterocycles. The van der Waals surface area contributed by atoms with Crippen molar-refractivity contribution in [2.45, 2.75) is 39.5 Å². The summed E-state index contributed by atoms with van der Waals surface area (Å²) in [5, 5.41) is 0. The van der Waals surface area contributed by atoms with Gasteiger partial charge in [0, 0.05) is 5.56 Å². The van der Waals surface area contributed by atoms with Crippen molar-refractivity contribution < 1.29 is 19.1 Å². The van der Waals surface area contributed by atoms with Gasteiger partial charge in [0.1, 0.15) is 11.5 Å². The van der Waals surface area contributed by atoms with Gasteiger partial charge in [-0.1, -0.05) is 38.3 Å². The van der Waals surface area contributed by atoms with E-state index < -0.39 is 11.8 Å². The third kappa shape index (κ3) is 8.15. The van der Waals surface area contributed by atoms with Crippen LogP contribution in [0, 0.1) is 6.92 Å². The fourth-order valence-electron chi connectivity index (χ4n) is 2.56. The molecule has 0 aliphatic carbocycles. The highest BCUT2D eigenvalue weighted by atomic mass is 79.9. The van der Waals surface area contributed by atoms with Crippen LogP contribution in [-0.4, -0.2) is 25.0 Å². The number of halogens is 1. The summed E-state index contributed by atoms with van der Waals surface area (Å²) < 4.78 is 11.8. The van der Waals surface area contributed by atoms with E-state index in [0.717, 1.165) is 18.4 Å². The topological polar surface area (TPSA) is 76.7 Å². The monoisotopic (exact) mass is 462 g/mol. The smallest absolute Gasteiger partial charge is 0.276 e. The SMILES string of the molecule is CCCCCCOc1ccc(C(=O)NNC(=O)COc2cccc(C)c2)cc1Br. The molecule has 2 rings (SSSR count). The number of amides is 2. The maximum atomic E-state index is 12.2. The van der Waals surface area contributed by atoms with E-state index in [0.29, 0.717) is 28.1 Å². The van der Waals surface area contributed by atoms with Gasteiger partial charge in [-0.2, -0.15) is 0 Å². The van der Waals surface area contributed by atoms with Crippen molar-refractivity contribution in [2.24, 2.45) is 0 Å². The molecule has 6 nitrogen and oxygen atoms in total. The molecule has 0 radical (unpaired) electrons. The van der Waals surface area contributed by atoms with Crippen molar-refractivity contribution in [3.05, 3.63) is 58.1 Å². The van der Waals surface area contributed by atoms with Gasteiger partial charge >= 0.3 is 0 Å². The van der Waals surface area contributed by atoms with E-state index >= 15 is 0 Å². The van der Waals surface area contributed by atoms with Crippen LogP contribution < -0.4 is 20.3 Å². The Labute approximate surface area is 180 Å². The third-order valence-electron chi connectivity index (χ3n) is 4.12. The lowest BCUT2D eigenvalue weighted by Gasteiger charge is -2.11. The number of aryl methyl sites for hydroxylation is 1. The zero-order valence-corrected chi connectivity index (χ0v) is 18.4. The summed E-state index contributed by atoms with van der Waals surface area (Å²) in [7, 11) is 0. The first-order valence-electron chi connectivity index (χ1n) is 9.70. The van der Waals surface area contributed by atoms with Crippen molar-refractivity contribution in [2.75, 3.05) is 13.2 Å². The molecule has 0 atom stereocenters. The lowest BCUT2D eigenvalue weighted by molar-refractivity contribution is -0.123. The lowest BCUT2D eigenvalue weighted by atomic mass is 10.2. The highest BCUT2D eigenvalue weighted by molar-refractivity contribution is 9.10. The average molecular weight is 463 g/mol. The standard InChI is InChI=1S/C22H27BrN2O4/c1-3-4-5-6-12-28-20-11-10-17(14-19(20)23)22(27)25-24-21(26)15-29-18-9-7-8-16(2)13-18/h7-11,13-14H,3-6,12,15H2,1-2H3,(H,24,26)(H,25,27). The van der Waals surface area contributed by atoms with Gasteiger partial charge in [0.25, 0.3) is 11.8 Å². The quantitative estimate of drug-likeness (QED) is 0.400. The van der Waals surface area contributed by atoms with Crippen LogP contribution in [0.3, 0.4) is 0 Å². The molecule has 0 bridgehead atoms. The van der Waals surface area contributed by atoms with Gasteiger partial charge in [0.05, 0.1) is 11.1 Å². The first-order valence-corrected chi connectivity index (χ1v) is 10.5. The number of hydrazine groups is 1. The predicted octanol–water partition coefficient (Wildman–Crippen LogP) is 4.56. The molecule has 0 fully saturated rings. The molecular weight excluding hydrogens is 436 g/mol. The Bertz CT molecular complexity index is 826. The molecule has 0 saturated carbocycles. The average Bonchev–Trinajstić information content (AvgIpc) is 2.71. The van der Waals surface area contributed by atoms with Crippen molar-refractivity contribution in [3.63, 3.8) is 0 Å². The summed E-state index contributed by atoms with van der Waals surface area (Å²) in [5.74, 6) is 0.407. The summed E-state index contributed by atoms with van der Waals surface area (Å²) in [5.41, 5.74) is 6.16. The maximum Gasteiger partial charge on any atom is 0.276 e. The van der Waals surface area contributed by atoms with Crippen LogP contribution in [0.25, 0.3) is 0 Å². The van der Waals surface area contributed by atoms with E-state index in [1.807, 2.05) is 25.1 Å². The first kappa shape index (κ1) is 22.7. The second kappa shape index (κ2) is 12.1. The van der Waals surface area contributed by atoms with Crippen LogP contribution in [0.4, 0.5) is 0 Å². The zero-order valence-electron chi connectivity index (χ0n) is 16.8. The van der Waals surface area contributed by atoms with Crippen molar-refractivity contribution in [3.8, 4) is 11.5 Å². The molecule has 0 spiro atoms. The summed E-state index contributed by atoms with van der Waals surface area (Å²) in [4.78, 5) is 24.1. The van der Waals surface area contributed by atoms with Crippen molar-refractivity contribution >= 4 is 27.7 Å². The zero-order chi connectivity index (χ0) is 21.1. The number of hydrogen-bond acceptors (Lipinski definition) is 4. The molecule has 2 aromatic carbocycles. The Morgan fingerprint density at radius 2 is 1.83 bits per heavy atom. The van der Waals surface area contributed by atoms with E-state index in [1.165, 1.54) is 12.8 Å². The van der Waals surface area contributed by atoms with Gasteiger partial charge in [-0.3, -0.25) is 20.4 Å². The molecule has 2 N–H and O–H groups in total. The Morgan fingerprint density at radius 1 is 1.00 bits per heavy atom. The molecule has 0 aliphatic rings. The Balaban J connectivity index is 1.76. The number of carbonyl (C=O) groups is 2. The van der Waals surface area contributed by atoms with Crippen LogP contribution in [0.15, 0.2) is 46.9 Å². The van der Waals surface area contributed by atoms with Crippen LogP contribution in [0.5, 0.6) is 11.5 Å². The number of benzene rings is 2. The third-order valence-corrected chi connectivity index (χ3v) is 4.74. The highest BCUT2D eigenvalue weighted by Crippen LogP contribution is 2.26. The predicted molar refractivity (Wildman–Crippen MR) is 116 cm³/mol. The van der Waals surface area contributed by atoms with Gasteiger partial charge in [-0.15, -0.1) is 0 Å². The fraction of sp³-hybridized carbons (Fsp3) is 0.364. The second-order valence-electron chi connectivity index (χ2n) is 6.66. The molecule has 156 valence electrons. The molecule has 29 heavy (non-hydrogen) atoms.